The molecule has 4 unspecified atom stereocenters. The number of esters is 1. The smallest absolute Gasteiger partial charge is 0.308 e. The van der Waals surface area contributed by atoms with Gasteiger partial charge in [0.05, 0.1) is 30.8 Å². The van der Waals surface area contributed by atoms with Crippen molar-refractivity contribution in [3.8, 4) is 0 Å². The number of cyclic esters (lactones) is 1. The zero-order valence-electron chi connectivity index (χ0n) is 25.8. The van der Waals surface area contributed by atoms with Crippen molar-refractivity contribution in [2.75, 3.05) is 20.7 Å². The highest BCUT2D eigenvalue weighted by Gasteiger charge is 2.43. The highest BCUT2D eigenvalue weighted by molar-refractivity contribution is 5.70. The van der Waals surface area contributed by atoms with Crippen LogP contribution in [0.3, 0.4) is 0 Å². The maximum atomic E-state index is 12.9. The number of rotatable bonds is 6. The molecule has 0 aromatic rings. The first-order chi connectivity index (χ1) is 18.8. The summed E-state index contributed by atoms with van der Waals surface area (Å²) in [6.07, 6.45) is 2.71. The Morgan fingerprint density at radius 1 is 1.10 bits per heavy atom. The van der Waals surface area contributed by atoms with Crippen molar-refractivity contribution < 1.29 is 39.4 Å². The molecule has 0 aromatic carbocycles. The maximum Gasteiger partial charge on any atom is 0.308 e. The van der Waals surface area contributed by atoms with Gasteiger partial charge in [0, 0.05) is 24.5 Å². The summed E-state index contributed by atoms with van der Waals surface area (Å²) in [6.45, 7) is 11.5. The zero-order valence-corrected chi connectivity index (χ0v) is 25.8. The molecule has 4 N–H and O–H groups in total. The molecular formula is C31H55NO8. The van der Waals surface area contributed by atoms with Crippen molar-refractivity contribution in [2.45, 2.75) is 123 Å². The molecule has 0 saturated carbocycles. The van der Waals surface area contributed by atoms with Gasteiger partial charge in [-0.1, -0.05) is 51.5 Å². The third kappa shape index (κ3) is 9.89. The predicted molar refractivity (Wildman–Crippen MR) is 154 cm³/mol. The van der Waals surface area contributed by atoms with Crippen LogP contribution in [0.1, 0.15) is 73.6 Å². The lowest BCUT2D eigenvalue weighted by Crippen LogP contribution is -2.56. The minimum atomic E-state index is -1.08. The normalized spacial score (nSPS) is 43.1. The molecule has 2 aliphatic rings. The number of carbonyl (C=O) groups excluding carboxylic acids is 1. The van der Waals surface area contributed by atoms with Gasteiger partial charge in [-0.3, -0.25) is 4.79 Å². The Balaban J connectivity index is 2.46. The minimum Gasteiger partial charge on any atom is -0.462 e. The number of ether oxygens (including phenoxy) is 3. The summed E-state index contributed by atoms with van der Waals surface area (Å²) >= 11 is 0. The lowest BCUT2D eigenvalue weighted by molar-refractivity contribution is -0.283. The zero-order chi connectivity index (χ0) is 30.1. The van der Waals surface area contributed by atoms with Crippen LogP contribution in [0.4, 0.5) is 0 Å². The van der Waals surface area contributed by atoms with E-state index >= 15 is 0 Å². The number of hydrogen-bond acceptors (Lipinski definition) is 9. The first-order valence-electron chi connectivity index (χ1n) is 15.0. The van der Waals surface area contributed by atoms with E-state index in [-0.39, 0.29) is 49.0 Å². The van der Waals surface area contributed by atoms with E-state index in [1.54, 1.807) is 6.08 Å². The average molecular weight is 570 g/mol. The van der Waals surface area contributed by atoms with Gasteiger partial charge < -0.3 is 39.5 Å². The Morgan fingerprint density at radius 2 is 1.77 bits per heavy atom. The van der Waals surface area contributed by atoms with Gasteiger partial charge in [-0.25, -0.2) is 0 Å². The van der Waals surface area contributed by atoms with Gasteiger partial charge in [0.25, 0.3) is 0 Å². The van der Waals surface area contributed by atoms with Crippen LogP contribution in [0.5, 0.6) is 0 Å². The standard InChI is InChI=1S/C31H55NO8/c1-9-27-20(4)14-18(2)10-11-25(34)19(3)15-23(12-13-33)30(22(6)26(35)17-28(36)39-27)40-31-29(37)24(32(7)8)16-21(5)38-31/h10-11,14,19-27,29-31,33-35,37H,9,12-13,15-17H2,1-8H3/b11-10+,18-14+/t19-,20+,21?,22+,23+,24?,25+,26-,27-,29?,30-,31?/m1/s1. The average Bonchev–Trinajstić information content (AvgIpc) is 2.88. The summed E-state index contributed by atoms with van der Waals surface area (Å²) < 4.78 is 18.3. The lowest BCUT2D eigenvalue weighted by Gasteiger charge is -2.44. The third-order valence-corrected chi connectivity index (χ3v) is 8.64. The van der Waals surface area contributed by atoms with Crippen molar-refractivity contribution in [1.82, 2.24) is 4.90 Å². The van der Waals surface area contributed by atoms with Crippen molar-refractivity contribution in [1.29, 1.82) is 0 Å². The number of allylic oxidation sites excluding steroid dienone is 2. The first-order valence-corrected chi connectivity index (χ1v) is 15.0. The van der Waals surface area contributed by atoms with Crippen molar-refractivity contribution in [3.05, 3.63) is 23.8 Å². The van der Waals surface area contributed by atoms with E-state index < -0.39 is 42.6 Å². The second-order valence-electron chi connectivity index (χ2n) is 12.3. The summed E-state index contributed by atoms with van der Waals surface area (Å²) in [5.74, 6) is -1.55. The Labute approximate surface area is 241 Å². The van der Waals surface area contributed by atoms with E-state index in [2.05, 4.69) is 0 Å². The van der Waals surface area contributed by atoms with Crippen LogP contribution in [0.2, 0.25) is 0 Å². The fraction of sp³-hybridized carbons (Fsp3) is 0.839. The minimum absolute atomic E-state index is 0.0442. The highest BCUT2D eigenvalue weighted by Crippen LogP contribution is 2.34. The van der Waals surface area contributed by atoms with E-state index in [0.717, 1.165) is 5.57 Å². The molecule has 0 aromatic heterocycles. The fourth-order valence-electron chi connectivity index (χ4n) is 6.05. The summed E-state index contributed by atoms with van der Waals surface area (Å²) in [6, 6.07) is -0.179. The molecule has 232 valence electrons. The van der Waals surface area contributed by atoms with Gasteiger partial charge in [0.1, 0.15) is 12.2 Å². The highest BCUT2D eigenvalue weighted by atomic mass is 16.7. The topological polar surface area (TPSA) is 129 Å². The van der Waals surface area contributed by atoms with Gasteiger partial charge in [-0.2, -0.15) is 0 Å². The second-order valence-corrected chi connectivity index (χ2v) is 12.3. The summed E-state index contributed by atoms with van der Waals surface area (Å²) in [5.41, 5.74) is 0.954. The van der Waals surface area contributed by atoms with Crippen molar-refractivity contribution in [3.63, 3.8) is 0 Å². The van der Waals surface area contributed by atoms with Gasteiger partial charge in [-0.05, 0) is 65.5 Å². The summed E-state index contributed by atoms with van der Waals surface area (Å²) in [5, 5.41) is 43.4. The lowest BCUT2D eigenvalue weighted by atomic mass is 9.79. The molecule has 2 rings (SSSR count). The van der Waals surface area contributed by atoms with Crippen LogP contribution in [0.15, 0.2) is 23.8 Å². The van der Waals surface area contributed by atoms with E-state index in [4.69, 9.17) is 14.2 Å². The second kappa shape index (κ2) is 16.3. The van der Waals surface area contributed by atoms with Crippen molar-refractivity contribution >= 4 is 5.97 Å². The quantitative estimate of drug-likeness (QED) is 0.357. The molecule has 1 fully saturated rings. The number of carbonyl (C=O) groups is 1. The van der Waals surface area contributed by atoms with E-state index in [0.29, 0.717) is 25.7 Å². The van der Waals surface area contributed by atoms with Crippen LogP contribution >= 0.6 is 0 Å². The number of nitrogens with zero attached hydrogens (tertiary/aromatic N) is 1. The molecule has 0 aliphatic carbocycles. The molecule has 2 aliphatic heterocycles. The molecule has 9 heteroatoms. The molecule has 2 heterocycles. The Bertz CT molecular complexity index is 832. The summed E-state index contributed by atoms with van der Waals surface area (Å²) in [7, 11) is 3.81. The van der Waals surface area contributed by atoms with Gasteiger partial charge >= 0.3 is 5.97 Å². The first kappa shape index (κ1) is 34.9. The molecule has 9 nitrogen and oxygen atoms in total. The maximum absolute atomic E-state index is 12.9. The Kier molecular flexibility index (Phi) is 14.2. The molecule has 0 bridgehead atoms. The number of aliphatic hydroxyl groups excluding tert-OH is 4. The summed E-state index contributed by atoms with van der Waals surface area (Å²) in [4.78, 5) is 14.9. The van der Waals surface area contributed by atoms with E-state index in [1.165, 1.54) is 0 Å². The van der Waals surface area contributed by atoms with Crippen LogP contribution < -0.4 is 0 Å². The van der Waals surface area contributed by atoms with E-state index in [9.17, 15) is 25.2 Å². The third-order valence-electron chi connectivity index (χ3n) is 8.64. The van der Waals surface area contributed by atoms with E-state index in [1.807, 2.05) is 72.7 Å². The van der Waals surface area contributed by atoms with Crippen LogP contribution in [-0.2, 0) is 19.0 Å². The van der Waals surface area contributed by atoms with Crippen LogP contribution in [0, 0.1) is 23.7 Å². The van der Waals surface area contributed by atoms with Gasteiger partial charge in [0.15, 0.2) is 6.29 Å². The molecule has 0 spiro atoms. The fourth-order valence-corrected chi connectivity index (χ4v) is 6.05. The van der Waals surface area contributed by atoms with Crippen LogP contribution in [-0.4, -0.2) is 101 Å². The molecule has 0 radical (unpaired) electrons. The van der Waals surface area contributed by atoms with Gasteiger partial charge in [0.2, 0.25) is 0 Å². The van der Waals surface area contributed by atoms with Crippen LogP contribution in [0.25, 0.3) is 0 Å². The predicted octanol–water partition coefficient (Wildman–Crippen LogP) is 3.04. The SMILES string of the molecule is CC[C@H]1OC(=O)C[C@@H](O)[C@H](C)[C@@H](OC2OC(C)CC(N(C)C)C2O)[C@@H](CCO)C[C@@H](C)[C@@H](O)/C=C/C(C)=C/[C@@H]1C. The molecule has 0 amide bonds. The molecular weight excluding hydrogens is 514 g/mol. The number of likely N-dealkylation sites (N-methyl/N-ethyl adjacent to an activating group) is 1. The number of hydrogen-bond donors (Lipinski definition) is 4. The monoisotopic (exact) mass is 569 g/mol. The number of aliphatic hydroxyl groups is 4. The largest absolute Gasteiger partial charge is 0.462 e. The van der Waals surface area contributed by atoms with Crippen molar-refractivity contribution in [2.24, 2.45) is 23.7 Å². The molecule has 40 heavy (non-hydrogen) atoms. The Morgan fingerprint density at radius 3 is 2.38 bits per heavy atom. The molecule has 12 atom stereocenters. The Hall–Kier alpha value is -1.33. The molecule has 1 saturated heterocycles. The van der Waals surface area contributed by atoms with Gasteiger partial charge in [-0.15, -0.1) is 0 Å².